The second-order valence-electron chi connectivity index (χ2n) is 4.49. The van der Waals surface area contributed by atoms with Gasteiger partial charge in [-0.1, -0.05) is 18.9 Å². The Balaban J connectivity index is 2.35. The average molecular weight is 257 g/mol. The standard InChI is InChI=1S/C12H16FNO2S/c13-9-4-3-5-10(8-9)17(15,16)12-7-2-1-6-11(12)14/h3-5,8,11-12H,1-2,6-7,14H2. The molecule has 0 aliphatic heterocycles. The van der Waals surface area contributed by atoms with Crippen molar-refractivity contribution in [1.29, 1.82) is 0 Å². The summed E-state index contributed by atoms with van der Waals surface area (Å²) in [6.45, 7) is 0. The lowest BCUT2D eigenvalue weighted by Crippen LogP contribution is -2.42. The molecule has 17 heavy (non-hydrogen) atoms. The van der Waals surface area contributed by atoms with Crippen molar-refractivity contribution in [2.75, 3.05) is 0 Å². The third-order valence-corrected chi connectivity index (χ3v) is 5.57. The van der Waals surface area contributed by atoms with E-state index in [-0.39, 0.29) is 10.9 Å². The number of nitrogens with two attached hydrogens (primary N) is 1. The SMILES string of the molecule is NC1CCCCC1S(=O)(=O)c1cccc(F)c1. The molecule has 0 bridgehead atoms. The molecule has 1 saturated carbocycles. The fraction of sp³-hybridized carbons (Fsp3) is 0.500. The minimum absolute atomic E-state index is 0.0415. The van der Waals surface area contributed by atoms with E-state index in [2.05, 4.69) is 0 Å². The molecule has 1 aliphatic rings. The van der Waals surface area contributed by atoms with Crippen LogP contribution in [0, 0.1) is 5.82 Å². The fourth-order valence-electron chi connectivity index (χ4n) is 2.33. The Bertz CT molecular complexity index is 501. The molecule has 0 amide bonds. The molecule has 2 N–H and O–H groups in total. The van der Waals surface area contributed by atoms with Gasteiger partial charge in [0.05, 0.1) is 10.1 Å². The van der Waals surface area contributed by atoms with E-state index >= 15 is 0 Å². The van der Waals surface area contributed by atoms with E-state index in [0.29, 0.717) is 6.42 Å². The van der Waals surface area contributed by atoms with Crippen LogP contribution in [0.1, 0.15) is 25.7 Å². The van der Waals surface area contributed by atoms with Gasteiger partial charge in [0.15, 0.2) is 9.84 Å². The minimum atomic E-state index is -3.50. The van der Waals surface area contributed by atoms with Crippen LogP contribution in [0.25, 0.3) is 0 Å². The molecule has 0 saturated heterocycles. The largest absolute Gasteiger partial charge is 0.327 e. The van der Waals surface area contributed by atoms with Gasteiger partial charge in [-0.2, -0.15) is 0 Å². The molecule has 2 rings (SSSR count). The number of halogens is 1. The summed E-state index contributed by atoms with van der Waals surface area (Å²) in [6.07, 6.45) is 3.13. The highest BCUT2D eigenvalue weighted by Gasteiger charge is 2.34. The lowest BCUT2D eigenvalue weighted by molar-refractivity contribution is 0.431. The highest BCUT2D eigenvalue weighted by molar-refractivity contribution is 7.92. The summed E-state index contributed by atoms with van der Waals surface area (Å²) in [4.78, 5) is 0.0415. The number of benzene rings is 1. The molecule has 94 valence electrons. The van der Waals surface area contributed by atoms with Gasteiger partial charge < -0.3 is 5.73 Å². The zero-order valence-corrected chi connectivity index (χ0v) is 10.3. The van der Waals surface area contributed by atoms with Crippen molar-refractivity contribution in [2.24, 2.45) is 5.73 Å². The normalized spacial score (nSPS) is 25.8. The monoisotopic (exact) mass is 257 g/mol. The molecular formula is C12H16FNO2S. The maximum absolute atomic E-state index is 13.1. The van der Waals surface area contributed by atoms with Gasteiger partial charge in [-0.3, -0.25) is 0 Å². The number of hydrogen-bond donors (Lipinski definition) is 1. The van der Waals surface area contributed by atoms with Gasteiger partial charge in [0, 0.05) is 6.04 Å². The Morgan fingerprint density at radius 2 is 1.94 bits per heavy atom. The Labute approximate surface area is 101 Å². The van der Waals surface area contributed by atoms with Gasteiger partial charge in [0.1, 0.15) is 5.82 Å². The lowest BCUT2D eigenvalue weighted by Gasteiger charge is -2.28. The molecule has 0 spiro atoms. The van der Waals surface area contributed by atoms with Crippen molar-refractivity contribution in [2.45, 2.75) is 41.9 Å². The quantitative estimate of drug-likeness (QED) is 0.879. The molecule has 1 aromatic rings. The van der Waals surface area contributed by atoms with Crippen LogP contribution in [0.15, 0.2) is 29.2 Å². The van der Waals surface area contributed by atoms with E-state index in [1.807, 2.05) is 0 Å². The highest BCUT2D eigenvalue weighted by Crippen LogP contribution is 2.28. The zero-order valence-electron chi connectivity index (χ0n) is 9.47. The first-order valence-electron chi connectivity index (χ1n) is 5.77. The minimum Gasteiger partial charge on any atom is -0.327 e. The van der Waals surface area contributed by atoms with Gasteiger partial charge in [-0.05, 0) is 31.0 Å². The summed E-state index contributed by atoms with van der Waals surface area (Å²) in [5.74, 6) is -0.532. The van der Waals surface area contributed by atoms with Crippen LogP contribution >= 0.6 is 0 Å². The lowest BCUT2D eigenvalue weighted by atomic mass is 9.96. The smallest absolute Gasteiger partial charge is 0.182 e. The van der Waals surface area contributed by atoms with Crippen LogP contribution in [0.4, 0.5) is 4.39 Å². The second kappa shape index (κ2) is 4.74. The molecule has 2 atom stereocenters. The van der Waals surface area contributed by atoms with E-state index in [9.17, 15) is 12.8 Å². The number of hydrogen-bond acceptors (Lipinski definition) is 3. The Kier molecular flexibility index (Phi) is 3.49. The van der Waals surface area contributed by atoms with Crippen LogP contribution < -0.4 is 5.73 Å². The Morgan fingerprint density at radius 1 is 1.24 bits per heavy atom. The fourth-order valence-corrected chi connectivity index (χ4v) is 4.30. The van der Waals surface area contributed by atoms with Crippen LogP contribution in [0.2, 0.25) is 0 Å². The average Bonchev–Trinajstić information content (AvgIpc) is 2.29. The molecular weight excluding hydrogens is 241 g/mol. The molecule has 1 aliphatic carbocycles. The van der Waals surface area contributed by atoms with Crippen LogP contribution in [0.3, 0.4) is 0 Å². The summed E-state index contributed by atoms with van der Waals surface area (Å²) in [6, 6.07) is 4.81. The van der Waals surface area contributed by atoms with E-state index < -0.39 is 20.9 Å². The first-order chi connectivity index (χ1) is 8.01. The predicted molar refractivity (Wildman–Crippen MR) is 63.8 cm³/mol. The molecule has 0 heterocycles. The van der Waals surface area contributed by atoms with Crippen molar-refractivity contribution < 1.29 is 12.8 Å². The molecule has 2 unspecified atom stereocenters. The van der Waals surface area contributed by atoms with Crippen molar-refractivity contribution in [3.8, 4) is 0 Å². The van der Waals surface area contributed by atoms with E-state index in [4.69, 9.17) is 5.73 Å². The van der Waals surface area contributed by atoms with E-state index in [1.165, 1.54) is 18.2 Å². The van der Waals surface area contributed by atoms with E-state index in [1.54, 1.807) is 0 Å². The Morgan fingerprint density at radius 3 is 2.59 bits per heavy atom. The van der Waals surface area contributed by atoms with Gasteiger partial charge in [-0.15, -0.1) is 0 Å². The van der Waals surface area contributed by atoms with Crippen molar-refractivity contribution in [3.05, 3.63) is 30.1 Å². The maximum Gasteiger partial charge on any atom is 0.182 e. The number of sulfone groups is 1. The topological polar surface area (TPSA) is 60.2 Å². The summed E-state index contributed by atoms with van der Waals surface area (Å²) < 4.78 is 37.7. The van der Waals surface area contributed by atoms with Crippen LogP contribution in [0.5, 0.6) is 0 Å². The predicted octanol–water partition coefficient (Wildman–Crippen LogP) is 1.87. The molecule has 0 aromatic heterocycles. The van der Waals surface area contributed by atoms with Crippen molar-refractivity contribution in [3.63, 3.8) is 0 Å². The third kappa shape index (κ3) is 2.50. The number of rotatable bonds is 2. The summed E-state index contributed by atoms with van der Waals surface area (Å²) >= 11 is 0. The van der Waals surface area contributed by atoms with Crippen molar-refractivity contribution in [1.82, 2.24) is 0 Å². The molecule has 1 fully saturated rings. The summed E-state index contributed by atoms with van der Waals surface area (Å²) in [5, 5.41) is -0.571. The van der Waals surface area contributed by atoms with Crippen LogP contribution in [-0.2, 0) is 9.84 Å². The van der Waals surface area contributed by atoms with Gasteiger partial charge in [0.2, 0.25) is 0 Å². The van der Waals surface area contributed by atoms with Gasteiger partial charge >= 0.3 is 0 Å². The van der Waals surface area contributed by atoms with E-state index in [0.717, 1.165) is 25.3 Å². The van der Waals surface area contributed by atoms with Gasteiger partial charge in [0.25, 0.3) is 0 Å². The van der Waals surface area contributed by atoms with Crippen LogP contribution in [-0.4, -0.2) is 19.7 Å². The first kappa shape index (κ1) is 12.5. The molecule has 1 aromatic carbocycles. The zero-order chi connectivity index (χ0) is 12.5. The summed E-state index contributed by atoms with van der Waals surface area (Å²) in [5.41, 5.74) is 5.87. The Hall–Kier alpha value is -0.940. The molecule has 5 heteroatoms. The molecule has 0 radical (unpaired) electrons. The molecule has 3 nitrogen and oxygen atoms in total. The third-order valence-electron chi connectivity index (χ3n) is 3.28. The first-order valence-corrected chi connectivity index (χ1v) is 7.31. The van der Waals surface area contributed by atoms with Crippen molar-refractivity contribution >= 4 is 9.84 Å². The second-order valence-corrected chi connectivity index (χ2v) is 6.66. The maximum atomic E-state index is 13.1. The summed E-state index contributed by atoms with van der Waals surface area (Å²) in [7, 11) is -3.50. The highest BCUT2D eigenvalue weighted by atomic mass is 32.2. The van der Waals surface area contributed by atoms with Gasteiger partial charge in [-0.25, -0.2) is 12.8 Å².